The van der Waals surface area contributed by atoms with Crippen molar-refractivity contribution in [1.82, 2.24) is 10.7 Å². The highest BCUT2D eigenvalue weighted by Crippen LogP contribution is 2.23. The maximum Gasteiger partial charge on any atom is 0.270 e. The molecule has 0 spiro atoms. The molecule has 0 aromatic heterocycles. The largest absolute Gasteiger partial charge is 0.507 e. The van der Waals surface area contributed by atoms with Crippen LogP contribution in [0.2, 0.25) is 0 Å². The van der Waals surface area contributed by atoms with Gasteiger partial charge in [0, 0.05) is 23.6 Å². The highest BCUT2D eigenvalue weighted by atomic mass is 16.6. The van der Waals surface area contributed by atoms with E-state index in [1.807, 2.05) is 0 Å². The van der Waals surface area contributed by atoms with Gasteiger partial charge in [-0.25, -0.2) is 5.43 Å². The molecule has 0 heterocycles. The Morgan fingerprint density at radius 3 is 2.72 bits per heavy atom. The van der Waals surface area contributed by atoms with Gasteiger partial charge in [-0.15, -0.1) is 0 Å². The van der Waals surface area contributed by atoms with E-state index in [-0.39, 0.29) is 35.4 Å². The average molecular weight is 348 g/mol. The molecule has 9 nitrogen and oxygen atoms in total. The molecule has 134 valence electrons. The first-order valence-electron chi connectivity index (χ1n) is 8.04. The van der Waals surface area contributed by atoms with Crippen molar-refractivity contribution >= 4 is 23.7 Å². The minimum atomic E-state index is -0.601. The predicted octanol–water partition coefficient (Wildman–Crippen LogP) is 1.45. The minimum absolute atomic E-state index is 0.0353. The average Bonchev–Trinajstić information content (AvgIpc) is 2.61. The highest BCUT2D eigenvalue weighted by Gasteiger charge is 2.21. The van der Waals surface area contributed by atoms with Crippen LogP contribution in [0, 0.1) is 16.0 Å². The van der Waals surface area contributed by atoms with Crippen LogP contribution in [-0.2, 0) is 9.59 Å². The number of phenolic OH excluding ortho intramolecular Hbond substituents is 1. The van der Waals surface area contributed by atoms with E-state index in [1.165, 1.54) is 6.07 Å². The quantitative estimate of drug-likeness (QED) is 0.406. The van der Waals surface area contributed by atoms with Crippen molar-refractivity contribution < 1.29 is 19.6 Å². The number of phenols is 1. The summed E-state index contributed by atoms with van der Waals surface area (Å²) < 4.78 is 0. The Morgan fingerprint density at radius 1 is 1.32 bits per heavy atom. The van der Waals surface area contributed by atoms with E-state index in [4.69, 9.17) is 0 Å². The Morgan fingerprint density at radius 2 is 2.04 bits per heavy atom. The topological polar surface area (TPSA) is 134 Å². The molecule has 1 aliphatic rings. The highest BCUT2D eigenvalue weighted by molar-refractivity contribution is 5.88. The molecule has 1 aromatic carbocycles. The van der Waals surface area contributed by atoms with Crippen LogP contribution in [0.5, 0.6) is 5.75 Å². The minimum Gasteiger partial charge on any atom is -0.507 e. The molecule has 1 aromatic rings. The van der Waals surface area contributed by atoms with Gasteiger partial charge in [0.1, 0.15) is 5.75 Å². The lowest BCUT2D eigenvalue weighted by Gasteiger charge is -2.20. The Hall–Kier alpha value is -2.97. The first-order chi connectivity index (χ1) is 12.0. The van der Waals surface area contributed by atoms with Crippen molar-refractivity contribution in [3.63, 3.8) is 0 Å². The van der Waals surface area contributed by atoms with Gasteiger partial charge in [-0.05, 0) is 18.9 Å². The number of benzene rings is 1. The molecule has 0 bridgehead atoms. The SMILES string of the molecule is O=C(CNC(=O)C1CCCCC1)NN=Cc1cc([N+](=O)[O-])ccc1O. The van der Waals surface area contributed by atoms with Crippen molar-refractivity contribution in [2.45, 2.75) is 32.1 Å². The van der Waals surface area contributed by atoms with Crippen LogP contribution in [0.3, 0.4) is 0 Å². The Labute approximate surface area is 144 Å². The van der Waals surface area contributed by atoms with Gasteiger partial charge in [0.25, 0.3) is 11.6 Å². The molecule has 3 N–H and O–H groups in total. The molecule has 0 radical (unpaired) electrons. The number of aromatic hydroxyl groups is 1. The normalized spacial score (nSPS) is 15.0. The van der Waals surface area contributed by atoms with Crippen molar-refractivity contribution in [3.8, 4) is 5.75 Å². The smallest absolute Gasteiger partial charge is 0.270 e. The molecular formula is C16H20N4O5. The molecule has 9 heteroatoms. The number of rotatable bonds is 6. The van der Waals surface area contributed by atoms with Gasteiger partial charge >= 0.3 is 0 Å². The van der Waals surface area contributed by atoms with E-state index in [9.17, 15) is 24.8 Å². The number of carbonyl (C=O) groups is 2. The number of nitro benzene ring substituents is 1. The number of nitrogens with one attached hydrogen (secondary N) is 2. The van der Waals surface area contributed by atoms with Gasteiger partial charge < -0.3 is 10.4 Å². The van der Waals surface area contributed by atoms with Gasteiger partial charge in [-0.1, -0.05) is 19.3 Å². The fraction of sp³-hybridized carbons (Fsp3) is 0.438. The Kier molecular flexibility index (Phi) is 6.44. The Bertz CT molecular complexity index is 683. The van der Waals surface area contributed by atoms with Crippen LogP contribution in [-0.4, -0.2) is 34.6 Å². The van der Waals surface area contributed by atoms with Gasteiger partial charge in [0.15, 0.2) is 0 Å². The summed E-state index contributed by atoms with van der Waals surface area (Å²) in [5, 5.41) is 26.5. The summed E-state index contributed by atoms with van der Waals surface area (Å²) in [6, 6.07) is 3.47. The van der Waals surface area contributed by atoms with Crippen molar-refractivity contribution in [2.75, 3.05) is 6.54 Å². The van der Waals surface area contributed by atoms with Crippen LogP contribution in [0.4, 0.5) is 5.69 Å². The lowest BCUT2D eigenvalue weighted by molar-refractivity contribution is -0.384. The standard InChI is InChI=1S/C16H20N4O5/c21-14-7-6-13(20(24)25)8-12(14)9-18-19-15(22)10-17-16(23)11-4-2-1-3-5-11/h6-9,11,21H,1-5,10H2,(H,17,23)(H,19,22). The number of hydrazone groups is 1. The molecule has 2 rings (SSSR count). The maximum atomic E-state index is 11.9. The van der Waals surface area contributed by atoms with E-state index < -0.39 is 10.8 Å². The van der Waals surface area contributed by atoms with E-state index in [1.54, 1.807) is 0 Å². The molecule has 25 heavy (non-hydrogen) atoms. The lowest BCUT2D eigenvalue weighted by atomic mass is 9.89. The molecule has 0 aliphatic heterocycles. The molecule has 0 saturated heterocycles. The molecular weight excluding hydrogens is 328 g/mol. The zero-order valence-electron chi connectivity index (χ0n) is 13.6. The van der Waals surface area contributed by atoms with Gasteiger partial charge in [-0.2, -0.15) is 5.10 Å². The first-order valence-corrected chi connectivity index (χ1v) is 8.04. The van der Waals surface area contributed by atoms with Crippen LogP contribution < -0.4 is 10.7 Å². The van der Waals surface area contributed by atoms with Crippen molar-refractivity contribution in [3.05, 3.63) is 33.9 Å². The van der Waals surface area contributed by atoms with Crippen molar-refractivity contribution in [2.24, 2.45) is 11.0 Å². The van der Waals surface area contributed by atoms with Crippen LogP contribution in [0.25, 0.3) is 0 Å². The zero-order chi connectivity index (χ0) is 18.2. The second-order valence-electron chi connectivity index (χ2n) is 5.85. The summed E-state index contributed by atoms with van der Waals surface area (Å²) in [6.07, 6.45) is 5.99. The number of non-ortho nitro benzene ring substituents is 1. The summed E-state index contributed by atoms with van der Waals surface area (Å²) in [5.41, 5.74) is 2.09. The third kappa shape index (κ3) is 5.55. The van der Waals surface area contributed by atoms with E-state index >= 15 is 0 Å². The van der Waals surface area contributed by atoms with Gasteiger partial charge in [-0.3, -0.25) is 19.7 Å². The monoisotopic (exact) mass is 348 g/mol. The van der Waals surface area contributed by atoms with Crippen molar-refractivity contribution in [1.29, 1.82) is 0 Å². The predicted molar refractivity (Wildman–Crippen MR) is 90.1 cm³/mol. The summed E-state index contributed by atoms with van der Waals surface area (Å²) >= 11 is 0. The number of amides is 2. The van der Waals surface area contributed by atoms with Crippen LogP contribution >= 0.6 is 0 Å². The maximum absolute atomic E-state index is 11.9. The summed E-state index contributed by atoms with van der Waals surface area (Å²) in [4.78, 5) is 33.7. The number of hydrogen-bond donors (Lipinski definition) is 3. The Balaban J connectivity index is 1.81. The second kappa shape index (κ2) is 8.76. The summed E-state index contributed by atoms with van der Waals surface area (Å²) in [6.45, 7) is -0.201. The van der Waals surface area contributed by atoms with Gasteiger partial charge in [0.2, 0.25) is 5.91 Å². The zero-order valence-corrected chi connectivity index (χ0v) is 13.6. The summed E-state index contributed by atoms with van der Waals surface area (Å²) in [7, 11) is 0. The number of hydrogen-bond acceptors (Lipinski definition) is 6. The molecule has 1 saturated carbocycles. The van der Waals surface area contributed by atoms with E-state index in [0.717, 1.165) is 50.5 Å². The number of nitro groups is 1. The fourth-order valence-corrected chi connectivity index (χ4v) is 2.65. The van der Waals surface area contributed by atoms with Crippen LogP contribution in [0.15, 0.2) is 23.3 Å². The molecule has 1 fully saturated rings. The third-order valence-corrected chi connectivity index (χ3v) is 4.01. The van der Waals surface area contributed by atoms with Gasteiger partial charge in [0.05, 0.1) is 17.7 Å². The summed E-state index contributed by atoms with van der Waals surface area (Å²) in [5.74, 6) is -0.887. The molecule has 0 atom stereocenters. The third-order valence-electron chi connectivity index (χ3n) is 4.01. The second-order valence-corrected chi connectivity index (χ2v) is 5.85. The number of carbonyl (C=O) groups excluding carboxylic acids is 2. The first kappa shape index (κ1) is 18.4. The number of nitrogens with zero attached hydrogens (tertiary/aromatic N) is 2. The lowest BCUT2D eigenvalue weighted by Crippen LogP contribution is -2.38. The molecule has 1 aliphatic carbocycles. The molecule has 0 unspecified atom stereocenters. The molecule has 2 amide bonds. The fourth-order valence-electron chi connectivity index (χ4n) is 2.65. The van der Waals surface area contributed by atoms with Crippen LogP contribution in [0.1, 0.15) is 37.7 Å². The van der Waals surface area contributed by atoms with E-state index in [0.29, 0.717) is 0 Å². The van der Waals surface area contributed by atoms with E-state index in [2.05, 4.69) is 15.8 Å².